The first-order valence-corrected chi connectivity index (χ1v) is 10.3. The van der Waals surface area contributed by atoms with Gasteiger partial charge in [0.2, 0.25) is 0 Å². The van der Waals surface area contributed by atoms with Gasteiger partial charge in [-0.1, -0.05) is 0 Å². The van der Waals surface area contributed by atoms with Gasteiger partial charge in [-0.2, -0.15) is 0 Å². The molecular formula is C22H28N4O2. The van der Waals surface area contributed by atoms with Crippen LogP contribution in [0.25, 0.3) is 0 Å². The molecule has 1 aromatic heterocycles. The molecule has 1 aromatic carbocycles. The van der Waals surface area contributed by atoms with E-state index in [0.717, 1.165) is 74.7 Å². The summed E-state index contributed by atoms with van der Waals surface area (Å²) in [5, 5.41) is 0. The third-order valence-corrected chi connectivity index (χ3v) is 5.60. The Labute approximate surface area is 166 Å². The lowest BCUT2D eigenvalue weighted by molar-refractivity contribution is 0.0724. The van der Waals surface area contributed by atoms with Crippen molar-refractivity contribution in [1.82, 2.24) is 14.9 Å². The van der Waals surface area contributed by atoms with E-state index in [1.165, 1.54) is 6.42 Å². The summed E-state index contributed by atoms with van der Waals surface area (Å²) in [6.07, 6.45) is 7.18. The van der Waals surface area contributed by atoms with Gasteiger partial charge >= 0.3 is 0 Å². The summed E-state index contributed by atoms with van der Waals surface area (Å²) in [5.74, 6) is 1.97. The lowest BCUT2D eigenvalue weighted by Gasteiger charge is -2.33. The first-order chi connectivity index (χ1) is 13.7. The second kappa shape index (κ2) is 8.59. The summed E-state index contributed by atoms with van der Waals surface area (Å²) in [6.45, 7) is 5.59. The molecular weight excluding hydrogens is 352 g/mol. The van der Waals surface area contributed by atoms with Gasteiger partial charge < -0.3 is 14.5 Å². The fraction of sp³-hybridized carbons (Fsp3) is 0.500. The number of hydrogen-bond donors (Lipinski definition) is 0. The van der Waals surface area contributed by atoms with E-state index in [4.69, 9.17) is 4.74 Å². The molecule has 0 aliphatic carbocycles. The molecule has 2 aromatic rings. The van der Waals surface area contributed by atoms with Crippen molar-refractivity contribution in [3.8, 4) is 5.75 Å². The normalized spacial score (nSPS) is 18.2. The Balaban J connectivity index is 1.30. The number of rotatable bonds is 4. The van der Waals surface area contributed by atoms with Crippen molar-refractivity contribution in [3.63, 3.8) is 0 Å². The molecule has 0 radical (unpaired) electrons. The summed E-state index contributed by atoms with van der Waals surface area (Å²) in [6, 6.07) is 9.67. The first-order valence-electron chi connectivity index (χ1n) is 10.3. The summed E-state index contributed by atoms with van der Waals surface area (Å²) >= 11 is 0. The molecule has 0 spiro atoms. The second-order valence-electron chi connectivity index (χ2n) is 7.70. The summed E-state index contributed by atoms with van der Waals surface area (Å²) in [5.41, 5.74) is 1.74. The van der Waals surface area contributed by atoms with Crippen LogP contribution in [-0.4, -0.2) is 53.1 Å². The minimum absolute atomic E-state index is 0.139. The van der Waals surface area contributed by atoms with Gasteiger partial charge in [-0.3, -0.25) is 4.79 Å². The smallest absolute Gasteiger partial charge is 0.253 e. The highest BCUT2D eigenvalue weighted by Crippen LogP contribution is 2.23. The second-order valence-corrected chi connectivity index (χ2v) is 7.70. The third kappa shape index (κ3) is 4.43. The number of likely N-dealkylation sites (tertiary alicyclic amines) is 1. The van der Waals surface area contributed by atoms with Crippen LogP contribution in [-0.2, 0) is 0 Å². The van der Waals surface area contributed by atoms with E-state index < -0.39 is 0 Å². The molecule has 6 heteroatoms. The highest BCUT2D eigenvalue weighted by molar-refractivity contribution is 5.94. The zero-order valence-electron chi connectivity index (χ0n) is 16.5. The number of piperidine rings is 2. The maximum atomic E-state index is 12.6. The number of carbonyl (C=O) groups excluding carboxylic acids is 1. The maximum Gasteiger partial charge on any atom is 0.253 e. The maximum absolute atomic E-state index is 12.6. The van der Waals surface area contributed by atoms with Gasteiger partial charge in [0.25, 0.3) is 5.91 Å². The molecule has 6 nitrogen and oxygen atoms in total. The van der Waals surface area contributed by atoms with Gasteiger partial charge in [-0.25, -0.2) is 9.97 Å². The highest BCUT2D eigenvalue weighted by Gasteiger charge is 2.22. The predicted octanol–water partition coefficient (Wildman–Crippen LogP) is 3.46. The lowest BCUT2D eigenvalue weighted by Crippen LogP contribution is -2.38. The van der Waals surface area contributed by atoms with Gasteiger partial charge in [-0.05, 0) is 50.5 Å². The molecule has 148 valence electrons. The molecule has 2 aliphatic heterocycles. The fourth-order valence-electron chi connectivity index (χ4n) is 3.96. The van der Waals surface area contributed by atoms with E-state index in [0.29, 0.717) is 0 Å². The average molecular weight is 380 g/mol. The van der Waals surface area contributed by atoms with Crippen molar-refractivity contribution in [2.24, 2.45) is 0 Å². The van der Waals surface area contributed by atoms with Gasteiger partial charge in [0.1, 0.15) is 24.0 Å². The molecule has 0 N–H and O–H groups in total. The minimum atomic E-state index is 0.139. The lowest BCUT2D eigenvalue weighted by atomic mass is 10.1. The fourth-order valence-corrected chi connectivity index (χ4v) is 3.96. The van der Waals surface area contributed by atoms with E-state index in [1.54, 1.807) is 6.33 Å². The molecule has 28 heavy (non-hydrogen) atoms. The quantitative estimate of drug-likeness (QED) is 0.813. The Morgan fingerprint density at radius 3 is 2.39 bits per heavy atom. The SMILES string of the molecule is Cc1cc(N2CCC(Oc3ccc(C(=O)N4CCCCC4)cc3)CC2)ncn1. The summed E-state index contributed by atoms with van der Waals surface area (Å²) in [7, 11) is 0. The van der Waals surface area contributed by atoms with E-state index in [1.807, 2.05) is 42.2 Å². The number of anilines is 1. The zero-order chi connectivity index (χ0) is 19.3. The van der Waals surface area contributed by atoms with Crippen molar-refractivity contribution in [2.75, 3.05) is 31.1 Å². The topological polar surface area (TPSA) is 58.6 Å². The number of amides is 1. The first kappa shape index (κ1) is 18.7. The Morgan fingerprint density at radius 2 is 1.71 bits per heavy atom. The standard InChI is InChI=1S/C22H28N4O2/c1-17-15-21(24-16-23-17)25-13-9-20(10-14-25)28-19-7-5-18(6-8-19)22(27)26-11-3-2-4-12-26/h5-8,15-16,20H,2-4,9-14H2,1H3. The van der Waals surface area contributed by atoms with Crippen LogP contribution < -0.4 is 9.64 Å². The van der Waals surface area contributed by atoms with Gasteiger partial charge in [0.15, 0.2) is 0 Å². The highest BCUT2D eigenvalue weighted by atomic mass is 16.5. The molecule has 4 rings (SSSR count). The zero-order valence-corrected chi connectivity index (χ0v) is 16.5. The van der Waals surface area contributed by atoms with E-state index >= 15 is 0 Å². The van der Waals surface area contributed by atoms with Gasteiger partial charge in [0, 0.05) is 56.3 Å². The van der Waals surface area contributed by atoms with Gasteiger partial charge in [-0.15, -0.1) is 0 Å². The molecule has 0 saturated carbocycles. The molecule has 3 heterocycles. The molecule has 1 amide bonds. The number of carbonyl (C=O) groups is 1. The van der Waals surface area contributed by atoms with Crippen LogP contribution in [0.3, 0.4) is 0 Å². The van der Waals surface area contributed by atoms with E-state index in [-0.39, 0.29) is 12.0 Å². The number of ether oxygens (including phenoxy) is 1. The van der Waals surface area contributed by atoms with E-state index in [9.17, 15) is 4.79 Å². The van der Waals surface area contributed by atoms with Gasteiger partial charge in [0.05, 0.1) is 0 Å². The van der Waals surface area contributed by atoms with Crippen LogP contribution >= 0.6 is 0 Å². The number of benzene rings is 1. The molecule has 2 aliphatic rings. The van der Waals surface area contributed by atoms with E-state index in [2.05, 4.69) is 14.9 Å². The van der Waals surface area contributed by atoms with Crippen molar-refractivity contribution < 1.29 is 9.53 Å². The third-order valence-electron chi connectivity index (χ3n) is 5.60. The minimum Gasteiger partial charge on any atom is -0.490 e. The number of aryl methyl sites for hydroxylation is 1. The molecule has 0 unspecified atom stereocenters. The molecule has 2 fully saturated rings. The van der Waals surface area contributed by atoms with Crippen LogP contribution in [0.2, 0.25) is 0 Å². The number of nitrogens with zero attached hydrogens (tertiary/aromatic N) is 4. The Bertz CT molecular complexity index is 794. The average Bonchev–Trinajstić information content (AvgIpc) is 2.75. The van der Waals surface area contributed by atoms with Crippen molar-refractivity contribution in [3.05, 3.63) is 47.9 Å². The predicted molar refractivity (Wildman–Crippen MR) is 109 cm³/mol. The molecule has 0 bridgehead atoms. The monoisotopic (exact) mass is 380 g/mol. The number of aromatic nitrogens is 2. The van der Waals surface area contributed by atoms with Crippen molar-refractivity contribution >= 4 is 11.7 Å². The van der Waals surface area contributed by atoms with Crippen molar-refractivity contribution in [1.29, 1.82) is 0 Å². The summed E-state index contributed by atoms with van der Waals surface area (Å²) < 4.78 is 6.16. The Kier molecular flexibility index (Phi) is 5.74. The largest absolute Gasteiger partial charge is 0.490 e. The van der Waals surface area contributed by atoms with Crippen LogP contribution in [0, 0.1) is 6.92 Å². The van der Waals surface area contributed by atoms with Crippen LogP contribution in [0.15, 0.2) is 36.7 Å². The van der Waals surface area contributed by atoms with Crippen LogP contribution in [0.1, 0.15) is 48.2 Å². The summed E-state index contributed by atoms with van der Waals surface area (Å²) in [4.78, 5) is 25.4. The Morgan fingerprint density at radius 1 is 1.00 bits per heavy atom. The Hall–Kier alpha value is -2.63. The number of hydrogen-bond acceptors (Lipinski definition) is 5. The van der Waals surface area contributed by atoms with Crippen LogP contribution in [0.4, 0.5) is 5.82 Å². The van der Waals surface area contributed by atoms with Crippen molar-refractivity contribution in [2.45, 2.75) is 45.1 Å². The molecule has 0 atom stereocenters. The molecule has 2 saturated heterocycles. The van der Waals surface area contributed by atoms with Crippen LogP contribution in [0.5, 0.6) is 5.75 Å².